The van der Waals surface area contributed by atoms with Crippen molar-refractivity contribution in [3.63, 3.8) is 0 Å². The van der Waals surface area contributed by atoms with Crippen molar-refractivity contribution >= 4 is 21.5 Å². The SMILES string of the molecule is C[C@]12Cc3cccc(c3)Oc3ccc(cc3)C[C@]3(C)c4cc(ccc4-c4cc5ccccc5cc43)-c3ccc(c1c3)-c1cc3ccccc3cc12. The second-order valence-electron chi connectivity index (χ2n) is 15.4. The molecule has 242 valence electrons. The first-order valence-electron chi connectivity index (χ1n) is 18.2. The van der Waals surface area contributed by atoms with Crippen molar-refractivity contribution in [1.82, 2.24) is 0 Å². The van der Waals surface area contributed by atoms with Gasteiger partial charge in [0.15, 0.2) is 0 Å². The van der Waals surface area contributed by atoms with E-state index in [-0.39, 0.29) is 10.8 Å². The van der Waals surface area contributed by atoms with E-state index >= 15 is 0 Å². The van der Waals surface area contributed by atoms with E-state index in [4.69, 9.17) is 4.74 Å². The van der Waals surface area contributed by atoms with E-state index in [1.54, 1.807) is 0 Å². The average Bonchev–Trinajstić information content (AvgIpc) is 3.53. The Morgan fingerprint density at radius 3 is 1.41 bits per heavy atom. The summed E-state index contributed by atoms with van der Waals surface area (Å²) in [6.07, 6.45) is 1.77. The molecule has 51 heavy (non-hydrogen) atoms. The lowest BCUT2D eigenvalue weighted by molar-refractivity contribution is 0.480. The van der Waals surface area contributed by atoms with Crippen molar-refractivity contribution in [3.8, 4) is 44.9 Å². The molecule has 1 heteroatoms. The van der Waals surface area contributed by atoms with Crippen LogP contribution in [0.25, 0.3) is 54.9 Å². The van der Waals surface area contributed by atoms with E-state index in [9.17, 15) is 0 Å². The van der Waals surface area contributed by atoms with Gasteiger partial charge in [0, 0.05) is 10.8 Å². The molecular formula is C50H36O. The summed E-state index contributed by atoms with van der Waals surface area (Å²) in [5, 5.41) is 5.15. The maximum atomic E-state index is 6.53. The van der Waals surface area contributed by atoms with Gasteiger partial charge in [-0.2, -0.15) is 0 Å². The highest BCUT2D eigenvalue weighted by atomic mass is 16.5. The molecule has 12 rings (SSSR count). The first kappa shape index (κ1) is 28.9. The number of hydrogen-bond donors (Lipinski definition) is 0. The zero-order chi connectivity index (χ0) is 33.9. The molecule has 8 aromatic carbocycles. The molecule has 0 N–H and O–H groups in total. The fourth-order valence-corrected chi connectivity index (χ4v) is 9.69. The summed E-state index contributed by atoms with van der Waals surface area (Å²) in [7, 11) is 0. The third kappa shape index (κ3) is 4.22. The van der Waals surface area contributed by atoms with E-state index < -0.39 is 0 Å². The topological polar surface area (TPSA) is 9.23 Å². The molecule has 0 amide bonds. The summed E-state index contributed by atoms with van der Waals surface area (Å²) in [5.41, 5.74) is 15.7. The molecule has 4 aliphatic rings. The van der Waals surface area contributed by atoms with E-state index in [1.807, 2.05) is 0 Å². The van der Waals surface area contributed by atoms with Gasteiger partial charge in [-0.05, 0) is 162 Å². The Hall–Kier alpha value is -5.92. The van der Waals surface area contributed by atoms with Crippen molar-refractivity contribution in [2.75, 3.05) is 0 Å². The van der Waals surface area contributed by atoms with E-state index in [0.29, 0.717) is 0 Å². The van der Waals surface area contributed by atoms with Crippen LogP contribution in [-0.4, -0.2) is 0 Å². The molecule has 8 aromatic rings. The van der Waals surface area contributed by atoms with Crippen molar-refractivity contribution in [2.24, 2.45) is 0 Å². The lowest BCUT2D eigenvalue weighted by Crippen LogP contribution is -2.24. The van der Waals surface area contributed by atoms with Gasteiger partial charge in [-0.3, -0.25) is 0 Å². The monoisotopic (exact) mass is 652 g/mol. The van der Waals surface area contributed by atoms with Crippen LogP contribution in [0.3, 0.4) is 0 Å². The average molecular weight is 653 g/mol. The van der Waals surface area contributed by atoms with Gasteiger partial charge >= 0.3 is 0 Å². The summed E-state index contributed by atoms with van der Waals surface area (Å²) in [6.45, 7) is 4.90. The summed E-state index contributed by atoms with van der Waals surface area (Å²) >= 11 is 0. The highest BCUT2D eigenvalue weighted by Crippen LogP contribution is 2.55. The highest BCUT2D eigenvalue weighted by molar-refractivity contribution is 5.96. The zero-order valence-corrected chi connectivity index (χ0v) is 28.8. The Morgan fingerprint density at radius 2 is 0.863 bits per heavy atom. The van der Waals surface area contributed by atoms with Crippen LogP contribution in [0.5, 0.6) is 11.5 Å². The maximum Gasteiger partial charge on any atom is 0.127 e. The Kier molecular flexibility index (Phi) is 5.84. The van der Waals surface area contributed by atoms with Gasteiger partial charge in [-0.15, -0.1) is 0 Å². The Morgan fingerprint density at radius 1 is 0.373 bits per heavy atom. The molecule has 2 aliphatic carbocycles. The van der Waals surface area contributed by atoms with Crippen LogP contribution >= 0.6 is 0 Å². The number of ether oxygens (including phenoxy) is 1. The molecule has 1 nitrogen and oxygen atoms in total. The van der Waals surface area contributed by atoms with Crippen molar-refractivity contribution < 1.29 is 4.74 Å². The number of fused-ring (bicyclic) bond motifs is 8. The van der Waals surface area contributed by atoms with Crippen LogP contribution in [-0.2, 0) is 23.7 Å². The molecular weight excluding hydrogens is 617 g/mol. The van der Waals surface area contributed by atoms with E-state index in [2.05, 4.69) is 172 Å². The normalized spacial score (nSPS) is 19.3. The third-order valence-electron chi connectivity index (χ3n) is 12.3. The molecule has 0 aromatic heterocycles. The first-order valence-corrected chi connectivity index (χ1v) is 18.2. The molecule has 2 atom stereocenters. The highest BCUT2D eigenvalue weighted by Gasteiger charge is 2.42. The Bertz CT molecular complexity index is 2750. The van der Waals surface area contributed by atoms with Crippen LogP contribution < -0.4 is 4.74 Å². The minimum Gasteiger partial charge on any atom is -0.457 e. The van der Waals surface area contributed by atoms with Crippen LogP contribution in [0.15, 0.2) is 158 Å². The second kappa shape index (κ2) is 10.3. The lowest BCUT2D eigenvalue weighted by Gasteiger charge is -2.29. The maximum absolute atomic E-state index is 6.53. The largest absolute Gasteiger partial charge is 0.457 e. The first-order chi connectivity index (χ1) is 24.9. The minimum atomic E-state index is -0.224. The fraction of sp³-hybridized carbons (Fsp3) is 0.120. The quantitative estimate of drug-likeness (QED) is 0.158. The molecule has 0 radical (unpaired) electrons. The second-order valence-corrected chi connectivity index (χ2v) is 15.4. The van der Waals surface area contributed by atoms with Crippen LogP contribution in [0, 0.1) is 0 Å². The van der Waals surface area contributed by atoms with Gasteiger partial charge in [0.25, 0.3) is 0 Å². The van der Waals surface area contributed by atoms with Crippen LogP contribution in [0.1, 0.15) is 47.2 Å². The molecule has 0 spiro atoms. The molecule has 0 unspecified atom stereocenters. The number of benzene rings is 8. The van der Waals surface area contributed by atoms with Gasteiger partial charge in [0.2, 0.25) is 0 Å². The van der Waals surface area contributed by atoms with Gasteiger partial charge in [-0.25, -0.2) is 0 Å². The summed E-state index contributed by atoms with van der Waals surface area (Å²) in [6, 6.07) is 59.2. The Labute approximate surface area is 298 Å². The predicted molar refractivity (Wildman–Crippen MR) is 211 cm³/mol. The van der Waals surface area contributed by atoms with E-state index in [0.717, 1.165) is 24.3 Å². The molecule has 0 fully saturated rings. The molecule has 2 aliphatic heterocycles. The number of hydrogen-bond acceptors (Lipinski definition) is 1. The number of rotatable bonds is 0. The standard InChI is InChI=1S/C50H36O/c1-49-29-31-14-18-39(19-15-31)51-40-13-7-8-32(22-40)30-50(2)46-28-38(17-21-42(46)44-24-34-10-4-6-12-36(34)26-48(44)50)37-16-20-41(45(49)27-37)43-23-33-9-3-5-11-35(33)25-47(43)49/h3-28H,29-30H2,1-2H3/t49-,50+/m1/s1. The Balaban J connectivity index is 1.17. The lowest BCUT2D eigenvalue weighted by atomic mass is 9.73. The van der Waals surface area contributed by atoms with E-state index in [1.165, 1.54) is 88.3 Å². The summed E-state index contributed by atoms with van der Waals surface area (Å²) in [4.78, 5) is 0. The molecule has 0 saturated heterocycles. The van der Waals surface area contributed by atoms with Crippen LogP contribution in [0.4, 0.5) is 0 Å². The third-order valence-corrected chi connectivity index (χ3v) is 12.3. The van der Waals surface area contributed by atoms with Gasteiger partial charge < -0.3 is 4.74 Å². The van der Waals surface area contributed by atoms with Gasteiger partial charge in [-0.1, -0.05) is 111 Å². The van der Waals surface area contributed by atoms with Crippen molar-refractivity contribution in [2.45, 2.75) is 37.5 Å². The minimum absolute atomic E-state index is 0.200. The van der Waals surface area contributed by atoms with Crippen molar-refractivity contribution in [3.05, 3.63) is 191 Å². The molecule has 2 heterocycles. The summed E-state index contributed by atoms with van der Waals surface area (Å²) in [5.74, 6) is 1.74. The zero-order valence-electron chi connectivity index (χ0n) is 28.8. The van der Waals surface area contributed by atoms with Gasteiger partial charge in [0.1, 0.15) is 11.5 Å². The molecule has 0 saturated carbocycles. The summed E-state index contributed by atoms with van der Waals surface area (Å²) < 4.78 is 6.53. The fourth-order valence-electron chi connectivity index (χ4n) is 9.69. The molecule has 8 bridgehead atoms. The van der Waals surface area contributed by atoms with Crippen LogP contribution in [0.2, 0.25) is 0 Å². The predicted octanol–water partition coefficient (Wildman–Crippen LogP) is 12.8. The smallest absolute Gasteiger partial charge is 0.127 e. The van der Waals surface area contributed by atoms with Crippen molar-refractivity contribution in [1.29, 1.82) is 0 Å². The van der Waals surface area contributed by atoms with Gasteiger partial charge in [0.05, 0.1) is 0 Å².